The maximum absolute atomic E-state index is 12.6. The molecule has 0 spiro atoms. The average molecular weight is 312 g/mol. The molecule has 6 heteroatoms. The van der Waals surface area contributed by atoms with Gasteiger partial charge in [0.1, 0.15) is 11.5 Å². The third-order valence-electron chi connectivity index (χ3n) is 5.06. The highest BCUT2D eigenvalue weighted by Gasteiger charge is 2.56. The number of hydrogen-bond donors (Lipinski definition) is 2. The van der Waals surface area contributed by atoms with Gasteiger partial charge in [0.15, 0.2) is 0 Å². The van der Waals surface area contributed by atoms with Crippen LogP contribution in [0.5, 0.6) is 11.5 Å². The van der Waals surface area contributed by atoms with Crippen molar-refractivity contribution in [3.8, 4) is 11.5 Å². The molecule has 1 saturated carbocycles. The standard InChI is InChI=1S/C17H16N2O4/c20-12-6-5-11(13(21)7-12)8-18-19-16(22)14-9-1-2-10(4-3-9)15(14)17(19)23/h1-2,5-10,14-15,20-21H,3-4H2/b18-8-/t9-,10-,14-,15-/m0/s1. The molecule has 23 heavy (non-hydrogen) atoms. The van der Waals surface area contributed by atoms with Gasteiger partial charge in [-0.3, -0.25) is 9.59 Å². The molecule has 1 aromatic rings. The van der Waals surface area contributed by atoms with E-state index in [1.54, 1.807) is 0 Å². The molecule has 4 atom stereocenters. The number of rotatable bonds is 2. The highest BCUT2D eigenvalue weighted by atomic mass is 16.3. The van der Waals surface area contributed by atoms with Crippen LogP contribution >= 0.6 is 0 Å². The Kier molecular flexibility index (Phi) is 3.01. The molecule has 118 valence electrons. The van der Waals surface area contributed by atoms with Crippen LogP contribution in [0.1, 0.15) is 18.4 Å². The lowest BCUT2D eigenvalue weighted by Gasteiger charge is -2.37. The summed E-state index contributed by atoms with van der Waals surface area (Å²) in [5.74, 6) is -1.07. The molecular weight excluding hydrogens is 296 g/mol. The van der Waals surface area contributed by atoms with Crippen LogP contribution in [0.15, 0.2) is 35.5 Å². The van der Waals surface area contributed by atoms with Crippen molar-refractivity contribution in [2.75, 3.05) is 0 Å². The number of phenols is 2. The zero-order valence-electron chi connectivity index (χ0n) is 12.3. The molecule has 0 aromatic heterocycles. The number of imide groups is 1. The largest absolute Gasteiger partial charge is 0.508 e. The molecule has 4 aliphatic rings. The first kappa shape index (κ1) is 14.0. The number of hydrazone groups is 1. The molecule has 1 aliphatic heterocycles. The topological polar surface area (TPSA) is 90.2 Å². The molecular formula is C17H16N2O4. The van der Waals surface area contributed by atoms with E-state index in [9.17, 15) is 19.8 Å². The molecule has 1 heterocycles. The van der Waals surface area contributed by atoms with E-state index in [0.29, 0.717) is 5.56 Å². The van der Waals surface area contributed by atoms with Crippen LogP contribution in [0.2, 0.25) is 0 Å². The summed E-state index contributed by atoms with van der Waals surface area (Å²) in [4.78, 5) is 25.1. The van der Waals surface area contributed by atoms with E-state index in [-0.39, 0.29) is 47.0 Å². The highest BCUT2D eigenvalue weighted by Crippen LogP contribution is 2.49. The molecule has 2 fully saturated rings. The van der Waals surface area contributed by atoms with Crippen molar-refractivity contribution in [1.82, 2.24) is 5.01 Å². The van der Waals surface area contributed by atoms with Crippen molar-refractivity contribution in [2.45, 2.75) is 12.8 Å². The summed E-state index contributed by atoms with van der Waals surface area (Å²) in [6, 6.07) is 4.05. The Hall–Kier alpha value is -2.63. The third-order valence-corrected chi connectivity index (χ3v) is 5.06. The van der Waals surface area contributed by atoms with E-state index in [0.717, 1.165) is 17.9 Å². The van der Waals surface area contributed by atoms with Crippen LogP contribution in [-0.4, -0.2) is 33.3 Å². The Balaban J connectivity index is 1.62. The van der Waals surface area contributed by atoms with Gasteiger partial charge in [0, 0.05) is 11.6 Å². The number of carbonyl (C=O) groups excluding carboxylic acids is 2. The monoisotopic (exact) mass is 312 g/mol. The smallest absolute Gasteiger partial charge is 0.254 e. The van der Waals surface area contributed by atoms with E-state index < -0.39 is 0 Å². The number of nitrogens with zero attached hydrogens (tertiary/aromatic N) is 2. The Morgan fingerprint density at radius 2 is 1.65 bits per heavy atom. The van der Waals surface area contributed by atoms with Gasteiger partial charge in [0.05, 0.1) is 18.1 Å². The number of aromatic hydroxyl groups is 2. The summed E-state index contributed by atoms with van der Waals surface area (Å²) < 4.78 is 0. The predicted molar refractivity (Wildman–Crippen MR) is 81.6 cm³/mol. The lowest BCUT2D eigenvalue weighted by atomic mass is 9.63. The molecule has 2 amide bonds. The Morgan fingerprint density at radius 3 is 2.17 bits per heavy atom. The number of benzene rings is 1. The van der Waals surface area contributed by atoms with Crippen LogP contribution in [-0.2, 0) is 9.59 Å². The summed E-state index contributed by atoms with van der Waals surface area (Å²) in [7, 11) is 0. The van der Waals surface area contributed by atoms with Gasteiger partial charge < -0.3 is 10.2 Å². The minimum atomic E-state index is -0.295. The Labute approximate surface area is 132 Å². The van der Waals surface area contributed by atoms with Gasteiger partial charge in [0.2, 0.25) is 0 Å². The summed E-state index contributed by atoms with van der Waals surface area (Å²) in [5, 5.41) is 24.0. The molecule has 5 rings (SSSR count). The van der Waals surface area contributed by atoms with Crippen molar-refractivity contribution < 1.29 is 19.8 Å². The zero-order chi connectivity index (χ0) is 16.1. The van der Waals surface area contributed by atoms with Crippen LogP contribution in [0.4, 0.5) is 0 Å². The minimum Gasteiger partial charge on any atom is -0.508 e. The molecule has 2 N–H and O–H groups in total. The van der Waals surface area contributed by atoms with Gasteiger partial charge in [-0.15, -0.1) is 0 Å². The van der Waals surface area contributed by atoms with Crippen LogP contribution < -0.4 is 0 Å². The Morgan fingerprint density at radius 1 is 1.04 bits per heavy atom. The molecule has 0 radical (unpaired) electrons. The predicted octanol–water partition coefficient (Wildman–Crippen LogP) is 1.63. The Bertz CT molecular complexity index is 723. The number of amides is 2. The molecule has 6 nitrogen and oxygen atoms in total. The molecule has 1 saturated heterocycles. The van der Waals surface area contributed by atoms with Crippen LogP contribution in [0, 0.1) is 23.7 Å². The van der Waals surface area contributed by atoms with E-state index in [4.69, 9.17) is 0 Å². The van der Waals surface area contributed by atoms with E-state index in [2.05, 4.69) is 17.3 Å². The minimum absolute atomic E-state index is 0.0679. The molecule has 2 bridgehead atoms. The van der Waals surface area contributed by atoms with Crippen molar-refractivity contribution in [1.29, 1.82) is 0 Å². The van der Waals surface area contributed by atoms with Crippen molar-refractivity contribution in [2.24, 2.45) is 28.8 Å². The van der Waals surface area contributed by atoms with Gasteiger partial charge in [-0.25, -0.2) is 0 Å². The van der Waals surface area contributed by atoms with Crippen LogP contribution in [0.3, 0.4) is 0 Å². The SMILES string of the molecule is O=C1[C@@H]2[C@@H](C(=O)N1/N=C\c1ccc(O)cc1O)[C@H]1C=C[C@H]2CC1. The molecule has 1 aromatic carbocycles. The summed E-state index contributed by atoms with van der Waals surface area (Å²) in [6.45, 7) is 0. The average Bonchev–Trinajstić information content (AvgIpc) is 2.82. The van der Waals surface area contributed by atoms with Crippen molar-refractivity contribution in [3.63, 3.8) is 0 Å². The first-order chi connectivity index (χ1) is 11.1. The van der Waals surface area contributed by atoms with Crippen LogP contribution in [0.25, 0.3) is 0 Å². The van der Waals surface area contributed by atoms with Crippen molar-refractivity contribution >= 4 is 18.0 Å². The zero-order valence-corrected chi connectivity index (χ0v) is 12.3. The highest BCUT2D eigenvalue weighted by molar-refractivity contribution is 6.06. The van der Waals surface area contributed by atoms with Gasteiger partial charge in [-0.05, 0) is 36.8 Å². The summed E-state index contributed by atoms with van der Waals surface area (Å²) in [6.07, 6.45) is 7.27. The number of allylic oxidation sites excluding steroid dienone is 2. The van der Waals surface area contributed by atoms with Gasteiger partial charge in [0.25, 0.3) is 11.8 Å². The first-order valence-corrected chi connectivity index (χ1v) is 7.68. The third kappa shape index (κ3) is 2.05. The summed E-state index contributed by atoms with van der Waals surface area (Å²) >= 11 is 0. The maximum atomic E-state index is 12.6. The van der Waals surface area contributed by atoms with Gasteiger partial charge in [-0.1, -0.05) is 12.2 Å². The van der Waals surface area contributed by atoms with E-state index in [1.165, 1.54) is 24.4 Å². The molecule has 3 aliphatic carbocycles. The van der Waals surface area contributed by atoms with E-state index >= 15 is 0 Å². The quantitative estimate of drug-likeness (QED) is 0.493. The van der Waals surface area contributed by atoms with Crippen molar-refractivity contribution in [3.05, 3.63) is 35.9 Å². The summed E-state index contributed by atoms with van der Waals surface area (Å²) in [5.41, 5.74) is 0.333. The first-order valence-electron chi connectivity index (χ1n) is 7.68. The second-order valence-corrected chi connectivity index (χ2v) is 6.32. The number of phenolic OH excluding ortho intramolecular Hbond substituents is 2. The normalized spacial score (nSPS) is 32.1. The lowest BCUT2D eigenvalue weighted by Crippen LogP contribution is -2.38. The fraction of sp³-hybridized carbons (Fsp3) is 0.353. The number of fused-ring (bicyclic) bond motifs is 1. The fourth-order valence-electron chi connectivity index (χ4n) is 3.93. The molecule has 0 unspecified atom stereocenters. The second-order valence-electron chi connectivity index (χ2n) is 6.32. The lowest BCUT2D eigenvalue weighted by molar-refractivity contribution is -0.140. The number of hydrogen-bond acceptors (Lipinski definition) is 5. The fourth-order valence-corrected chi connectivity index (χ4v) is 3.93. The van der Waals surface area contributed by atoms with E-state index in [1.807, 2.05) is 0 Å². The van der Waals surface area contributed by atoms with Gasteiger partial charge >= 0.3 is 0 Å². The number of carbonyl (C=O) groups is 2. The maximum Gasteiger partial charge on any atom is 0.254 e. The van der Waals surface area contributed by atoms with Gasteiger partial charge in [-0.2, -0.15) is 10.1 Å². The second kappa shape index (κ2) is 4.94.